The quantitative estimate of drug-likeness (QED) is 0.597. The van der Waals surface area contributed by atoms with Gasteiger partial charge in [0.1, 0.15) is 0 Å². The van der Waals surface area contributed by atoms with Crippen LogP contribution in [0.3, 0.4) is 0 Å². The topological polar surface area (TPSA) is 26.0 Å². The van der Waals surface area contributed by atoms with Crippen LogP contribution in [-0.4, -0.2) is 0 Å². The highest BCUT2D eigenvalue weighted by Crippen LogP contribution is 2.03. The minimum Gasteiger partial charge on any atom is -0.326 e. The van der Waals surface area contributed by atoms with Gasteiger partial charge in [0.15, 0.2) is 0 Å². The number of benzene rings is 1. The molecule has 0 aliphatic rings. The van der Waals surface area contributed by atoms with Crippen molar-refractivity contribution in [3.63, 3.8) is 0 Å². The standard InChI is InChI=1S/C8H12NP/c1-6-4-7(5-9)2-3-8(6)10/h2-4H,5,9-10H2,1H3. The number of aryl methyl sites for hydroxylation is 1. The summed E-state index contributed by atoms with van der Waals surface area (Å²) in [5, 5.41) is 1.25. The lowest BCUT2D eigenvalue weighted by Crippen LogP contribution is -2.01. The number of hydrogen-bond donors (Lipinski definition) is 1. The van der Waals surface area contributed by atoms with E-state index in [-0.39, 0.29) is 0 Å². The lowest BCUT2D eigenvalue weighted by molar-refractivity contribution is 1.07. The van der Waals surface area contributed by atoms with Gasteiger partial charge in [0.2, 0.25) is 0 Å². The molecule has 0 heterocycles. The molecular weight excluding hydrogens is 141 g/mol. The summed E-state index contributed by atoms with van der Waals surface area (Å²) < 4.78 is 0. The number of rotatable bonds is 1. The van der Waals surface area contributed by atoms with Crippen LogP contribution in [0.15, 0.2) is 18.2 Å². The predicted octanol–water partition coefficient (Wildman–Crippen LogP) is 0.954. The molecule has 0 saturated heterocycles. The Hall–Kier alpha value is -0.390. The molecule has 0 amide bonds. The van der Waals surface area contributed by atoms with Crippen LogP contribution in [0.25, 0.3) is 0 Å². The number of hydrogen-bond acceptors (Lipinski definition) is 1. The fourth-order valence-corrected chi connectivity index (χ4v) is 1.04. The molecule has 0 spiro atoms. The van der Waals surface area contributed by atoms with Gasteiger partial charge in [-0.1, -0.05) is 18.2 Å². The van der Waals surface area contributed by atoms with Crippen molar-refractivity contribution in [3.05, 3.63) is 29.3 Å². The molecule has 0 bridgehead atoms. The Balaban J connectivity index is 3.04. The van der Waals surface area contributed by atoms with E-state index in [2.05, 4.69) is 34.4 Å². The summed E-state index contributed by atoms with van der Waals surface area (Å²) in [6.07, 6.45) is 0. The highest BCUT2D eigenvalue weighted by molar-refractivity contribution is 7.27. The third-order valence-corrected chi connectivity index (χ3v) is 2.22. The van der Waals surface area contributed by atoms with Crippen LogP contribution < -0.4 is 11.0 Å². The zero-order valence-electron chi connectivity index (χ0n) is 6.09. The molecule has 0 aliphatic carbocycles. The fourth-order valence-electron chi connectivity index (χ4n) is 0.865. The van der Waals surface area contributed by atoms with E-state index in [0.717, 1.165) is 0 Å². The largest absolute Gasteiger partial charge is 0.326 e. The summed E-state index contributed by atoms with van der Waals surface area (Å²) in [5.74, 6) is 0. The highest BCUT2D eigenvalue weighted by atomic mass is 31.0. The molecule has 1 unspecified atom stereocenters. The molecule has 0 radical (unpaired) electrons. The average molecular weight is 153 g/mol. The van der Waals surface area contributed by atoms with E-state index in [0.29, 0.717) is 6.54 Å². The van der Waals surface area contributed by atoms with E-state index < -0.39 is 0 Å². The van der Waals surface area contributed by atoms with Crippen LogP contribution >= 0.6 is 9.24 Å². The summed E-state index contributed by atoms with van der Waals surface area (Å²) in [4.78, 5) is 0. The lowest BCUT2D eigenvalue weighted by Gasteiger charge is -2.00. The molecule has 2 heteroatoms. The normalized spacial score (nSPS) is 9.90. The first-order valence-corrected chi connectivity index (χ1v) is 3.87. The van der Waals surface area contributed by atoms with Gasteiger partial charge in [-0.2, -0.15) is 0 Å². The molecular formula is C8H12NP. The van der Waals surface area contributed by atoms with E-state index in [1.807, 2.05) is 0 Å². The summed E-state index contributed by atoms with van der Waals surface area (Å²) in [6, 6.07) is 6.24. The Bertz CT molecular complexity index is 233. The zero-order chi connectivity index (χ0) is 7.56. The van der Waals surface area contributed by atoms with Crippen molar-refractivity contribution in [2.24, 2.45) is 5.73 Å². The fraction of sp³-hybridized carbons (Fsp3) is 0.250. The van der Waals surface area contributed by atoms with Crippen LogP contribution in [0.1, 0.15) is 11.1 Å². The van der Waals surface area contributed by atoms with Gasteiger partial charge in [-0.3, -0.25) is 0 Å². The van der Waals surface area contributed by atoms with Gasteiger partial charge in [0.25, 0.3) is 0 Å². The SMILES string of the molecule is Cc1cc(CN)ccc1P. The van der Waals surface area contributed by atoms with Gasteiger partial charge in [0.05, 0.1) is 0 Å². The maximum atomic E-state index is 5.46. The van der Waals surface area contributed by atoms with Crippen molar-refractivity contribution in [3.8, 4) is 0 Å². The molecule has 54 valence electrons. The van der Waals surface area contributed by atoms with Crippen LogP contribution in [0, 0.1) is 6.92 Å². The summed E-state index contributed by atoms with van der Waals surface area (Å²) in [6.45, 7) is 2.72. The molecule has 0 saturated carbocycles. The summed E-state index contributed by atoms with van der Waals surface area (Å²) in [7, 11) is 2.69. The zero-order valence-corrected chi connectivity index (χ0v) is 7.25. The van der Waals surface area contributed by atoms with Crippen molar-refractivity contribution in [1.82, 2.24) is 0 Å². The minimum atomic E-state index is 0.631. The Labute approximate surface area is 63.8 Å². The van der Waals surface area contributed by atoms with Gasteiger partial charge < -0.3 is 5.73 Å². The first-order chi connectivity index (χ1) is 4.74. The second-order valence-electron chi connectivity index (χ2n) is 2.40. The van der Waals surface area contributed by atoms with Crippen molar-refractivity contribution in [2.45, 2.75) is 13.5 Å². The molecule has 10 heavy (non-hydrogen) atoms. The van der Waals surface area contributed by atoms with Crippen LogP contribution in [0.5, 0.6) is 0 Å². The van der Waals surface area contributed by atoms with E-state index in [1.165, 1.54) is 16.4 Å². The molecule has 1 aromatic carbocycles. The van der Waals surface area contributed by atoms with E-state index in [9.17, 15) is 0 Å². The Morgan fingerprint density at radius 3 is 2.70 bits per heavy atom. The van der Waals surface area contributed by atoms with E-state index in [4.69, 9.17) is 5.73 Å². The Morgan fingerprint density at radius 2 is 2.20 bits per heavy atom. The lowest BCUT2D eigenvalue weighted by atomic mass is 10.1. The van der Waals surface area contributed by atoms with Crippen molar-refractivity contribution >= 4 is 14.5 Å². The summed E-state index contributed by atoms with van der Waals surface area (Å²) >= 11 is 0. The van der Waals surface area contributed by atoms with Gasteiger partial charge in [-0.15, -0.1) is 9.24 Å². The van der Waals surface area contributed by atoms with Gasteiger partial charge in [-0.25, -0.2) is 0 Å². The molecule has 0 aromatic heterocycles. The monoisotopic (exact) mass is 153 g/mol. The third-order valence-electron chi connectivity index (χ3n) is 1.57. The first kappa shape index (κ1) is 7.71. The van der Waals surface area contributed by atoms with Crippen molar-refractivity contribution in [1.29, 1.82) is 0 Å². The molecule has 1 atom stereocenters. The van der Waals surface area contributed by atoms with E-state index >= 15 is 0 Å². The maximum absolute atomic E-state index is 5.46. The smallest absolute Gasteiger partial charge is 0.0178 e. The predicted molar refractivity (Wildman–Crippen MR) is 48.4 cm³/mol. The van der Waals surface area contributed by atoms with E-state index in [1.54, 1.807) is 0 Å². The minimum absolute atomic E-state index is 0.631. The molecule has 2 N–H and O–H groups in total. The molecule has 1 aromatic rings. The van der Waals surface area contributed by atoms with Crippen molar-refractivity contribution in [2.75, 3.05) is 0 Å². The molecule has 1 nitrogen and oxygen atoms in total. The average Bonchev–Trinajstić information content (AvgIpc) is 1.95. The molecule has 0 aliphatic heterocycles. The second kappa shape index (κ2) is 3.14. The Morgan fingerprint density at radius 1 is 1.50 bits per heavy atom. The second-order valence-corrected chi connectivity index (χ2v) is 3.02. The van der Waals surface area contributed by atoms with Crippen LogP contribution in [0.4, 0.5) is 0 Å². The van der Waals surface area contributed by atoms with Gasteiger partial charge >= 0.3 is 0 Å². The summed E-state index contributed by atoms with van der Waals surface area (Å²) in [5.41, 5.74) is 7.94. The van der Waals surface area contributed by atoms with Crippen LogP contribution in [0.2, 0.25) is 0 Å². The van der Waals surface area contributed by atoms with Gasteiger partial charge in [0, 0.05) is 6.54 Å². The van der Waals surface area contributed by atoms with Crippen LogP contribution in [-0.2, 0) is 6.54 Å². The third kappa shape index (κ3) is 1.56. The maximum Gasteiger partial charge on any atom is 0.0178 e. The highest BCUT2D eigenvalue weighted by Gasteiger charge is 1.92. The first-order valence-electron chi connectivity index (χ1n) is 3.29. The molecule has 0 fully saturated rings. The number of nitrogens with two attached hydrogens (primary N) is 1. The Kier molecular flexibility index (Phi) is 2.42. The van der Waals surface area contributed by atoms with Gasteiger partial charge in [-0.05, 0) is 23.4 Å². The molecule has 1 rings (SSSR count). The van der Waals surface area contributed by atoms with Crippen molar-refractivity contribution < 1.29 is 0 Å².